The molecule has 29 heavy (non-hydrogen) atoms. The molecule has 2 heterocycles. The summed E-state index contributed by atoms with van der Waals surface area (Å²) in [7, 11) is 0. The highest BCUT2D eigenvalue weighted by molar-refractivity contribution is 6.00. The maximum absolute atomic E-state index is 12.7. The van der Waals surface area contributed by atoms with Crippen LogP contribution >= 0.6 is 0 Å². The molecule has 4 rings (SSSR count). The number of likely N-dealkylation sites (tertiary alicyclic amines) is 1. The van der Waals surface area contributed by atoms with Crippen LogP contribution in [0, 0.1) is 20.8 Å². The van der Waals surface area contributed by atoms with Crippen LogP contribution in [-0.2, 0) is 4.79 Å². The van der Waals surface area contributed by atoms with E-state index in [4.69, 9.17) is 9.47 Å². The molecule has 1 saturated heterocycles. The van der Waals surface area contributed by atoms with E-state index in [0.29, 0.717) is 49.4 Å². The van der Waals surface area contributed by atoms with Crippen molar-refractivity contribution in [3.05, 3.63) is 58.7 Å². The number of rotatable bonds is 3. The predicted molar refractivity (Wildman–Crippen MR) is 111 cm³/mol. The van der Waals surface area contributed by atoms with Crippen LogP contribution in [0.25, 0.3) is 0 Å². The number of hydrogen-bond acceptors (Lipinski definition) is 4. The van der Waals surface area contributed by atoms with E-state index >= 15 is 0 Å². The van der Waals surface area contributed by atoms with Gasteiger partial charge in [0.2, 0.25) is 0 Å². The normalized spacial score (nSPS) is 17.6. The molecule has 2 aromatic rings. The van der Waals surface area contributed by atoms with Crippen LogP contribution in [0.1, 0.15) is 46.3 Å². The second-order valence-corrected chi connectivity index (χ2v) is 8.30. The first-order chi connectivity index (χ1) is 13.8. The number of amides is 1. The third-order valence-electron chi connectivity index (χ3n) is 6.08. The SMILES string of the molecule is Cc1cccc(OCC(=O)N2CCC3(CC2)CC(=O)c2cc(C)c(C)cc2O3)c1. The Morgan fingerprint density at radius 3 is 2.55 bits per heavy atom. The molecule has 0 unspecified atom stereocenters. The van der Waals surface area contributed by atoms with Crippen LogP contribution in [0.2, 0.25) is 0 Å². The van der Waals surface area contributed by atoms with E-state index in [0.717, 1.165) is 16.7 Å². The van der Waals surface area contributed by atoms with Crippen LogP contribution in [0.5, 0.6) is 11.5 Å². The summed E-state index contributed by atoms with van der Waals surface area (Å²) in [5.74, 6) is 1.49. The molecular formula is C24H27NO4. The first-order valence-corrected chi connectivity index (χ1v) is 10.2. The molecule has 2 aliphatic heterocycles. The zero-order valence-corrected chi connectivity index (χ0v) is 17.3. The predicted octanol–water partition coefficient (Wildman–Crippen LogP) is 4.02. The Bertz CT molecular complexity index is 957. The first-order valence-electron chi connectivity index (χ1n) is 10.2. The van der Waals surface area contributed by atoms with Crippen molar-refractivity contribution < 1.29 is 19.1 Å². The topological polar surface area (TPSA) is 55.8 Å². The largest absolute Gasteiger partial charge is 0.486 e. The van der Waals surface area contributed by atoms with Gasteiger partial charge in [-0.05, 0) is 61.7 Å². The van der Waals surface area contributed by atoms with Crippen molar-refractivity contribution in [2.75, 3.05) is 19.7 Å². The Balaban J connectivity index is 1.38. The first kappa shape index (κ1) is 19.5. The van der Waals surface area contributed by atoms with Crippen LogP contribution in [0.15, 0.2) is 36.4 Å². The molecule has 2 aromatic carbocycles. The second-order valence-electron chi connectivity index (χ2n) is 8.30. The number of hydrogen-bond donors (Lipinski definition) is 0. The van der Waals surface area contributed by atoms with E-state index < -0.39 is 5.60 Å². The minimum atomic E-state index is -0.500. The van der Waals surface area contributed by atoms with Gasteiger partial charge in [-0.15, -0.1) is 0 Å². The summed E-state index contributed by atoms with van der Waals surface area (Å²) in [6.07, 6.45) is 1.69. The summed E-state index contributed by atoms with van der Waals surface area (Å²) >= 11 is 0. The van der Waals surface area contributed by atoms with Gasteiger partial charge >= 0.3 is 0 Å². The molecule has 0 bridgehead atoms. The number of fused-ring (bicyclic) bond motifs is 1. The highest BCUT2D eigenvalue weighted by Gasteiger charge is 2.43. The summed E-state index contributed by atoms with van der Waals surface area (Å²) in [5.41, 5.74) is 3.50. The van der Waals surface area contributed by atoms with Crippen molar-refractivity contribution in [3.8, 4) is 11.5 Å². The van der Waals surface area contributed by atoms with Gasteiger partial charge in [-0.2, -0.15) is 0 Å². The van der Waals surface area contributed by atoms with Gasteiger partial charge in [0.1, 0.15) is 17.1 Å². The number of piperidine rings is 1. The van der Waals surface area contributed by atoms with Gasteiger partial charge in [0.05, 0.1) is 12.0 Å². The van der Waals surface area contributed by atoms with E-state index in [1.165, 1.54) is 0 Å². The number of nitrogens with zero attached hydrogens (tertiary/aromatic N) is 1. The zero-order valence-electron chi connectivity index (χ0n) is 17.3. The van der Waals surface area contributed by atoms with Gasteiger partial charge in [0.25, 0.3) is 5.91 Å². The van der Waals surface area contributed by atoms with Crippen LogP contribution < -0.4 is 9.47 Å². The van der Waals surface area contributed by atoms with Crippen molar-refractivity contribution in [2.45, 2.75) is 45.6 Å². The number of Topliss-reactive ketones (excluding diaryl/α,β-unsaturated/α-hetero) is 1. The maximum Gasteiger partial charge on any atom is 0.260 e. The molecule has 5 nitrogen and oxygen atoms in total. The minimum Gasteiger partial charge on any atom is -0.486 e. The number of ether oxygens (including phenoxy) is 2. The molecule has 1 fully saturated rings. The fourth-order valence-electron chi connectivity index (χ4n) is 4.13. The quantitative estimate of drug-likeness (QED) is 0.790. The molecule has 0 radical (unpaired) electrons. The van der Waals surface area contributed by atoms with Crippen molar-refractivity contribution in [1.82, 2.24) is 4.90 Å². The highest BCUT2D eigenvalue weighted by Crippen LogP contribution is 2.40. The Hall–Kier alpha value is -2.82. The summed E-state index contributed by atoms with van der Waals surface area (Å²) in [5, 5.41) is 0. The number of benzene rings is 2. The fraction of sp³-hybridized carbons (Fsp3) is 0.417. The average molecular weight is 393 g/mol. The van der Waals surface area contributed by atoms with Crippen molar-refractivity contribution in [1.29, 1.82) is 0 Å². The molecule has 1 amide bonds. The molecule has 0 aliphatic carbocycles. The standard InChI is InChI=1S/C24H27NO4/c1-16-5-4-6-19(11-16)28-15-23(27)25-9-7-24(8-10-25)14-21(26)20-12-17(2)18(3)13-22(20)29-24/h4-6,11-13H,7-10,14-15H2,1-3H3. The average Bonchev–Trinajstić information content (AvgIpc) is 2.68. The zero-order chi connectivity index (χ0) is 20.6. The fourth-order valence-corrected chi connectivity index (χ4v) is 4.13. The van der Waals surface area contributed by atoms with E-state index in [-0.39, 0.29) is 18.3 Å². The van der Waals surface area contributed by atoms with Gasteiger partial charge in [0.15, 0.2) is 12.4 Å². The lowest BCUT2D eigenvalue weighted by Gasteiger charge is -2.44. The summed E-state index contributed by atoms with van der Waals surface area (Å²) < 4.78 is 12.0. The van der Waals surface area contributed by atoms with Gasteiger partial charge in [0, 0.05) is 25.9 Å². The smallest absolute Gasteiger partial charge is 0.260 e. The van der Waals surface area contributed by atoms with Crippen LogP contribution in [-0.4, -0.2) is 41.9 Å². The highest BCUT2D eigenvalue weighted by atomic mass is 16.5. The Morgan fingerprint density at radius 2 is 1.83 bits per heavy atom. The molecule has 0 N–H and O–H groups in total. The molecular weight excluding hydrogens is 366 g/mol. The Morgan fingerprint density at radius 1 is 1.10 bits per heavy atom. The molecule has 0 atom stereocenters. The van der Waals surface area contributed by atoms with Gasteiger partial charge in [-0.3, -0.25) is 9.59 Å². The third-order valence-corrected chi connectivity index (χ3v) is 6.08. The lowest BCUT2D eigenvalue weighted by Crippen LogP contribution is -2.53. The lowest BCUT2D eigenvalue weighted by molar-refractivity contribution is -0.136. The summed E-state index contributed by atoms with van der Waals surface area (Å²) in [6, 6.07) is 11.6. The summed E-state index contributed by atoms with van der Waals surface area (Å²) in [4.78, 5) is 27.1. The van der Waals surface area contributed by atoms with Crippen molar-refractivity contribution in [2.24, 2.45) is 0 Å². The van der Waals surface area contributed by atoms with Gasteiger partial charge < -0.3 is 14.4 Å². The van der Waals surface area contributed by atoms with E-state index in [1.807, 2.05) is 62.1 Å². The van der Waals surface area contributed by atoms with Crippen LogP contribution in [0.3, 0.4) is 0 Å². The van der Waals surface area contributed by atoms with E-state index in [1.54, 1.807) is 0 Å². The van der Waals surface area contributed by atoms with Crippen molar-refractivity contribution in [3.63, 3.8) is 0 Å². The number of carbonyl (C=O) groups excluding carboxylic acids is 2. The second kappa shape index (κ2) is 7.54. The van der Waals surface area contributed by atoms with E-state index in [2.05, 4.69) is 0 Å². The minimum absolute atomic E-state index is 0.0253. The van der Waals surface area contributed by atoms with E-state index in [9.17, 15) is 9.59 Å². The monoisotopic (exact) mass is 393 g/mol. The number of ketones is 1. The van der Waals surface area contributed by atoms with Crippen LogP contribution in [0.4, 0.5) is 0 Å². The molecule has 2 aliphatic rings. The third kappa shape index (κ3) is 4.00. The lowest BCUT2D eigenvalue weighted by atomic mass is 9.82. The summed E-state index contributed by atoms with van der Waals surface area (Å²) in [6.45, 7) is 7.20. The van der Waals surface area contributed by atoms with Gasteiger partial charge in [-0.1, -0.05) is 12.1 Å². The molecule has 152 valence electrons. The molecule has 0 aromatic heterocycles. The Kier molecular flexibility index (Phi) is 5.07. The Labute approximate surface area is 171 Å². The molecule has 5 heteroatoms. The maximum atomic E-state index is 12.7. The number of carbonyl (C=O) groups is 2. The molecule has 0 saturated carbocycles. The van der Waals surface area contributed by atoms with Crippen molar-refractivity contribution >= 4 is 11.7 Å². The molecule has 1 spiro atoms. The van der Waals surface area contributed by atoms with Gasteiger partial charge in [-0.25, -0.2) is 0 Å². The number of aryl methyl sites for hydroxylation is 3.